The zero-order valence-electron chi connectivity index (χ0n) is 8.23. The van der Waals surface area contributed by atoms with Crippen LogP contribution in [0.1, 0.15) is 23.2 Å². The molecule has 0 spiro atoms. The van der Waals surface area contributed by atoms with Gasteiger partial charge in [0.2, 0.25) is 0 Å². The average molecular weight is 279 g/mol. The molecule has 0 heterocycles. The standard InChI is InChI=1S/C11H8Cl3O2/c12-7-3-8(10(14)9(13)4-7)11(15)16-5-6-1-2-6/h4,6H,1-2,5H2. The van der Waals surface area contributed by atoms with Crippen LogP contribution in [0.5, 0.6) is 0 Å². The zero-order valence-corrected chi connectivity index (χ0v) is 10.5. The first-order valence-electron chi connectivity index (χ1n) is 4.82. The van der Waals surface area contributed by atoms with E-state index in [0.717, 1.165) is 12.8 Å². The molecule has 5 heteroatoms. The average Bonchev–Trinajstić information content (AvgIpc) is 3.03. The van der Waals surface area contributed by atoms with Gasteiger partial charge in [0.05, 0.1) is 27.2 Å². The number of hydrogen-bond acceptors (Lipinski definition) is 2. The highest BCUT2D eigenvalue weighted by molar-refractivity contribution is 6.44. The van der Waals surface area contributed by atoms with Gasteiger partial charge in [-0.15, -0.1) is 0 Å². The molecule has 2 rings (SSSR count). The predicted molar refractivity (Wildman–Crippen MR) is 63.3 cm³/mol. The normalized spacial score (nSPS) is 14.9. The Morgan fingerprint density at radius 3 is 2.75 bits per heavy atom. The third-order valence-electron chi connectivity index (χ3n) is 2.28. The number of benzene rings is 1. The highest BCUT2D eigenvalue weighted by Crippen LogP contribution is 2.31. The van der Waals surface area contributed by atoms with Gasteiger partial charge in [0, 0.05) is 6.07 Å². The van der Waals surface area contributed by atoms with Crippen molar-refractivity contribution in [2.24, 2.45) is 5.92 Å². The van der Waals surface area contributed by atoms with Gasteiger partial charge in [0.25, 0.3) is 0 Å². The first kappa shape index (κ1) is 12.0. The molecule has 0 aromatic heterocycles. The van der Waals surface area contributed by atoms with E-state index in [1.807, 2.05) is 0 Å². The van der Waals surface area contributed by atoms with E-state index >= 15 is 0 Å². The van der Waals surface area contributed by atoms with Gasteiger partial charge in [-0.1, -0.05) is 34.8 Å². The fourth-order valence-corrected chi connectivity index (χ4v) is 1.84. The van der Waals surface area contributed by atoms with Crippen molar-refractivity contribution in [1.82, 2.24) is 0 Å². The molecule has 0 saturated heterocycles. The van der Waals surface area contributed by atoms with Crippen LogP contribution in [-0.2, 0) is 4.74 Å². The molecule has 1 fully saturated rings. The topological polar surface area (TPSA) is 26.3 Å². The van der Waals surface area contributed by atoms with E-state index in [-0.39, 0.29) is 20.6 Å². The second kappa shape index (κ2) is 4.82. The third kappa shape index (κ3) is 2.82. The Morgan fingerprint density at radius 2 is 2.12 bits per heavy atom. The highest BCUT2D eigenvalue weighted by atomic mass is 35.5. The van der Waals surface area contributed by atoms with Gasteiger partial charge in [0.15, 0.2) is 0 Å². The quantitative estimate of drug-likeness (QED) is 0.617. The summed E-state index contributed by atoms with van der Waals surface area (Å²) in [5.41, 5.74) is 0.0971. The summed E-state index contributed by atoms with van der Waals surface area (Å²) in [5.74, 6) is -0.0290. The van der Waals surface area contributed by atoms with Gasteiger partial charge >= 0.3 is 5.97 Å². The Hall–Kier alpha value is -0.440. The molecule has 1 radical (unpaired) electrons. The lowest BCUT2D eigenvalue weighted by Gasteiger charge is -2.06. The van der Waals surface area contributed by atoms with Crippen LogP contribution in [0, 0.1) is 12.0 Å². The van der Waals surface area contributed by atoms with E-state index in [2.05, 4.69) is 6.07 Å². The number of hydrogen-bond donors (Lipinski definition) is 0. The maximum absolute atomic E-state index is 11.6. The lowest BCUT2D eigenvalue weighted by atomic mass is 10.2. The van der Waals surface area contributed by atoms with E-state index in [1.165, 1.54) is 6.07 Å². The first-order chi connectivity index (χ1) is 7.58. The molecule has 0 aliphatic heterocycles. The third-order valence-corrected chi connectivity index (χ3v) is 3.27. The predicted octanol–water partition coefficient (Wildman–Crippen LogP) is 4.01. The van der Waals surface area contributed by atoms with Crippen LogP contribution in [0.4, 0.5) is 0 Å². The Balaban J connectivity index is 2.14. The fraction of sp³-hybridized carbons (Fsp3) is 0.364. The molecule has 0 amide bonds. The van der Waals surface area contributed by atoms with Crippen LogP contribution in [0.3, 0.4) is 0 Å². The maximum Gasteiger partial charge on any atom is 0.340 e. The maximum atomic E-state index is 11.6. The number of ether oxygens (including phenoxy) is 1. The second-order valence-corrected chi connectivity index (χ2v) is 4.89. The highest BCUT2D eigenvalue weighted by Gasteiger charge is 2.24. The van der Waals surface area contributed by atoms with Gasteiger partial charge in [-0.3, -0.25) is 0 Å². The van der Waals surface area contributed by atoms with Crippen LogP contribution >= 0.6 is 34.8 Å². The zero-order chi connectivity index (χ0) is 11.7. The van der Waals surface area contributed by atoms with Crippen LogP contribution < -0.4 is 0 Å². The summed E-state index contributed by atoms with van der Waals surface area (Å²) < 4.78 is 5.07. The summed E-state index contributed by atoms with van der Waals surface area (Å²) in [6.45, 7) is 0.424. The van der Waals surface area contributed by atoms with Crippen molar-refractivity contribution in [3.8, 4) is 0 Å². The second-order valence-electron chi connectivity index (χ2n) is 3.70. The van der Waals surface area contributed by atoms with Crippen LogP contribution in [0.25, 0.3) is 0 Å². The minimum absolute atomic E-state index is 0.0971. The van der Waals surface area contributed by atoms with E-state index in [4.69, 9.17) is 39.5 Å². The van der Waals surface area contributed by atoms with Gasteiger partial charge in [-0.2, -0.15) is 0 Å². The molecule has 0 unspecified atom stereocenters. The van der Waals surface area contributed by atoms with Crippen LogP contribution in [0.15, 0.2) is 6.07 Å². The molecule has 0 bridgehead atoms. The fourth-order valence-electron chi connectivity index (χ4n) is 1.20. The molecule has 1 aromatic carbocycles. The van der Waals surface area contributed by atoms with Crippen molar-refractivity contribution < 1.29 is 9.53 Å². The van der Waals surface area contributed by atoms with Crippen LogP contribution in [0.2, 0.25) is 15.1 Å². The minimum Gasteiger partial charge on any atom is -0.462 e. The number of esters is 1. The lowest BCUT2D eigenvalue weighted by molar-refractivity contribution is 0.0486. The molecule has 16 heavy (non-hydrogen) atoms. The Kier molecular flexibility index (Phi) is 3.63. The molecule has 1 aliphatic rings. The summed E-state index contributed by atoms with van der Waals surface area (Å²) in [7, 11) is 0. The van der Waals surface area contributed by atoms with E-state index in [0.29, 0.717) is 12.5 Å². The van der Waals surface area contributed by atoms with Gasteiger partial charge < -0.3 is 4.74 Å². The molecule has 1 saturated carbocycles. The van der Waals surface area contributed by atoms with Crippen LogP contribution in [-0.4, -0.2) is 12.6 Å². The SMILES string of the molecule is O=C(OCC1CC1)c1[c]c(Cl)cc(Cl)c1Cl. The Morgan fingerprint density at radius 1 is 1.44 bits per heavy atom. The lowest BCUT2D eigenvalue weighted by Crippen LogP contribution is -2.08. The summed E-state index contributed by atoms with van der Waals surface area (Å²) in [5, 5.41) is 0.600. The van der Waals surface area contributed by atoms with Crippen molar-refractivity contribution >= 4 is 40.8 Å². The molecule has 1 aliphatic carbocycles. The monoisotopic (exact) mass is 277 g/mol. The molecular weight excluding hydrogens is 270 g/mol. The number of halogens is 3. The first-order valence-corrected chi connectivity index (χ1v) is 5.95. The summed E-state index contributed by atoms with van der Waals surface area (Å²) in [4.78, 5) is 11.6. The van der Waals surface area contributed by atoms with Crippen molar-refractivity contribution in [3.05, 3.63) is 32.8 Å². The molecule has 0 atom stereocenters. The van der Waals surface area contributed by atoms with Crippen molar-refractivity contribution in [2.45, 2.75) is 12.8 Å². The van der Waals surface area contributed by atoms with Crippen molar-refractivity contribution in [2.75, 3.05) is 6.61 Å². The molecule has 0 N–H and O–H groups in total. The van der Waals surface area contributed by atoms with Crippen molar-refractivity contribution in [1.29, 1.82) is 0 Å². The summed E-state index contributed by atoms with van der Waals surface area (Å²) >= 11 is 17.4. The largest absolute Gasteiger partial charge is 0.462 e. The van der Waals surface area contributed by atoms with Crippen molar-refractivity contribution in [3.63, 3.8) is 0 Å². The summed E-state index contributed by atoms with van der Waals surface area (Å²) in [6.07, 6.45) is 2.22. The minimum atomic E-state index is -0.527. The molecular formula is C11H8Cl3O2. The Labute approximate surface area is 108 Å². The van der Waals surface area contributed by atoms with Gasteiger partial charge in [0.1, 0.15) is 0 Å². The van der Waals surface area contributed by atoms with E-state index in [9.17, 15) is 4.79 Å². The molecule has 1 aromatic rings. The molecule has 2 nitrogen and oxygen atoms in total. The smallest absolute Gasteiger partial charge is 0.340 e. The van der Waals surface area contributed by atoms with Gasteiger partial charge in [-0.05, 0) is 24.8 Å². The number of carbonyl (C=O) groups is 1. The molecule has 85 valence electrons. The van der Waals surface area contributed by atoms with Gasteiger partial charge in [-0.25, -0.2) is 4.79 Å². The van der Waals surface area contributed by atoms with E-state index < -0.39 is 5.97 Å². The Bertz CT molecular complexity index is 427. The van der Waals surface area contributed by atoms with E-state index in [1.54, 1.807) is 0 Å². The number of carbonyl (C=O) groups excluding carboxylic acids is 1. The number of rotatable bonds is 3. The summed E-state index contributed by atoms with van der Waals surface area (Å²) in [6, 6.07) is 4.07.